The summed E-state index contributed by atoms with van der Waals surface area (Å²) < 4.78 is 31.0. The first-order valence-electron chi connectivity index (χ1n) is 10.2. The molecule has 0 saturated carbocycles. The van der Waals surface area contributed by atoms with Crippen molar-refractivity contribution in [1.82, 2.24) is 14.8 Å². The Labute approximate surface area is 186 Å². The van der Waals surface area contributed by atoms with Crippen molar-refractivity contribution in [3.63, 3.8) is 0 Å². The van der Waals surface area contributed by atoms with Gasteiger partial charge in [-0.25, -0.2) is 8.42 Å². The summed E-state index contributed by atoms with van der Waals surface area (Å²) in [5.41, 5.74) is 3.88. The van der Waals surface area contributed by atoms with Crippen LogP contribution in [0.2, 0.25) is 0 Å². The van der Waals surface area contributed by atoms with Gasteiger partial charge in [0.1, 0.15) is 0 Å². The monoisotopic (exact) mass is 459 g/mol. The van der Waals surface area contributed by atoms with Crippen molar-refractivity contribution >= 4 is 27.4 Å². The van der Waals surface area contributed by atoms with Gasteiger partial charge < -0.3 is 8.98 Å². The van der Waals surface area contributed by atoms with Crippen LogP contribution in [0.3, 0.4) is 0 Å². The Morgan fingerprint density at radius 3 is 2.71 bits per heavy atom. The Hall–Kier alpha value is -2.39. The van der Waals surface area contributed by atoms with E-state index >= 15 is 0 Å². The number of thioether (sulfide) groups is 1. The SMILES string of the molecule is Cc1cc(C(=O)CSc2nnc(CC3CCS(=O)(=O)C3)o2)c(C)n1Cc1ccccc1. The molecule has 4 rings (SSSR count). The number of carbonyl (C=O) groups is 1. The van der Waals surface area contributed by atoms with Crippen molar-refractivity contribution in [3.8, 4) is 0 Å². The maximum Gasteiger partial charge on any atom is 0.277 e. The average molecular weight is 460 g/mol. The molecule has 2 aromatic heterocycles. The topological polar surface area (TPSA) is 95.1 Å². The quantitative estimate of drug-likeness (QED) is 0.376. The first-order chi connectivity index (χ1) is 14.8. The van der Waals surface area contributed by atoms with Gasteiger partial charge in [0.2, 0.25) is 5.89 Å². The highest BCUT2D eigenvalue weighted by Crippen LogP contribution is 2.25. The molecular weight excluding hydrogens is 434 g/mol. The summed E-state index contributed by atoms with van der Waals surface area (Å²) in [4.78, 5) is 12.8. The summed E-state index contributed by atoms with van der Waals surface area (Å²) in [6.45, 7) is 4.70. The number of ketones is 1. The molecule has 1 aromatic carbocycles. The normalized spacial score (nSPS) is 17.8. The molecule has 0 spiro atoms. The second-order valence-corrected chi connectivity index (χ2v) is 11.2. The van der Waals surface area contributed by atoms with E-state index in [1.165, 1.54) is 17.3 Å². The number of aryl methyl sites for hydroxylation is 1. The molecule has 7 nitrogen and oxygen atoms in total. The van der Waals surface area contributed by atoms with Gasteiger partial charge >= 0.3 is 0 Å². The van der Waals surface area contributed by atoms with Gasteiger partial charge in [-0.3, -0.25) is 4.79 Å². The van der Waals surface area contributed by atoms with Gasteiger partial charge in [-0.2, -0.15) is 0 Å². The fourth-order valence-corrected chi connectivity index (χ4v) is 6.48. The number of hydrogen-bond acceptors (Lipinski definition) is 7. The van der Waals surface area contributed by atoms with E-state index < -0.39 is 9.84 Å². The lowest BCUT2D eigenvalue weighted by atomic mass is 10.1. The summed E-state index contributed by atoms with van der Waals surface area (Å²) in [5, 5.41) is 8.35. The van der Waals surface area contributed by atoms with Crippen molar-refractivity contribution in [2.75, 3.05) is 17.3 Å². The molecule has 1 aliphatic heterocycles. The van der Waals surface area contributed by atoms with E-state index in [4.69, 9.17) is 4.42 Å². The molecule has 0 N–H and O–H groups in total. The Morgan fingerprint density at radius 1 is 1.23 bits per heavy atom. The van der Waals surface area contributed by atoms with Crippen molar-refractivity contribution in [2.45, 2.75) is 38.5 Å². The molecule has 31 heavy (non-hydrogen) atoms. The van der Waals surface area contributed by atoms with Crippen molar-refractivity contribution < 1.29 is 17.6 Å². The number of hydrogen-bond donors (Lipinski definition) is 0. The van der Waals surface area contributed by atoms with Gasteiger partial charge in [0, 0.05) is 29.9 Å². The number of Topliss-reactive ketones (excluding diaryl/α,β-unsaturated/α-hetero) is 1. The molecular formula is C22H25N3O4S2. The molecule has 0 amide bonds. The van der Waals surface area contributed by atoms with Crippen LogP contribution in [0.25, 0.3) is 0 Å². The van der Waals surface area contributed by atoms with E-state index in [2.05, 4.69) is 26.9 Å². The fourth-order valence-electron chi connectivity index (χ4n) is 3.96. The second-order valence-electron chi connectivity index (χ2n) is 8.00. The van der Waals surface area contributed by atoms with E-state index in [0.717, 1.165) is 17.9 Å². The van der Waals surface area contributed by atoms with Gasteiger partial charge in [0.25, 0.3) is 5.22 Å². The molecule has 0 bridgehead atoms. The number of nitrogens with zero attached hydrogens (tertiary/aromatic N) is 3. The highest BCUT2D eigenvalue weighted by molar-refractivity contribution is 7.99. The van der Waals surface area contributed by atoms with Gasteiger partial charge in [-0.1, -0.05) is 42.1 Å². The van der Waals surface area contributed by atoms with Gasteiger partial charge in [-0.05, 0) is 37.8 Å². The molecule has 9 heteroatoms. The van der Waals surface area contributed by atoms with Crippen LogP contribution in [-0.2, 0) is 22.8 Å². The highest BCUT2D eigenvalue weighted by atomic mass is 32.2. The van der Waals surface area contributed by atoms with E-state index in [-0.39, 0.29) is 29.0 Å². The van der Waals surface area contributed by atoms with Crippen LogP contribution in [0.1, 0.15) is 39.6 Å². The third kappa shape index (κ3) is 5.27. The molecule has 1 aliphatic rings. The minimum absolute atomic E-state index is 0.0130. The lowest BCUT2D eigenvalue weighted by molar-refractivity contribution is 0.102. The summed E-state index contributed by atoms with van der Waals surface area (Å²) in [6.07, 6.45) is 1.09. The van der Waals surface area contributed by atoms with Gasteiger partial charge in [0.05, 0.1) is 17.3 Å². The molecule has 3 heterocycles. The van der Waals surface area contributed by atoms with E-state index in [1.54, 1.807) is 0 Å². The van der Waals surface area contributed by atoms with Crippen molar-refractivity contribution in [1.29, 1.82) is 0 Å². The molecule has 0 aliphatic carbocycles. The molecule has 1 unspecified atom stereocenters. The third-order valence-corrected chi connectivity index (χ3v) is 8.28. The Kier molecular flexibility index (Phi) is 6.34. The fraction of sp³-hybridized carbons (Fsp3) is 0.409. The Bertz CT molecular complexity index is 1180. The zero-order chi connectivity index (χ0) is 22.0. The molecule has 0 radical (unpaired) electrons. The number of carbonyl (C=O) groups excluding carboxylic acids is 1. The molecule has 164 valence electrons. The first-order valence-corrected chi connectivity index (χ1v) is 13.0. The number of sulfone groups is 1. The predicted molar refractivity (Wildman–Crippen MR) is 119 cm³/mol. The number of aromatic nitrogens is 3. The lowest BCUT2D eigenvalue weighted by Crippen LogP contribution is -2.07. The number of benzene rings is 1. The van der Waals surface area contributed by atoms with Crippen molar-refractivity contribution in [3.05, 3.63) is 64.8 Å². The standard InChI is InChI=1S/C22H25N3O4S2/c1-15-10-19(16(2)25(15)12-17-6-4-3-5-7-17)20(26)13-30-22-24-23-21(29-22)11-18-8-9-31(27,28)14-18/h3-7,10,18H,8-9,11-14H2,1-2H3. The average Bonchev–Trinajstić information content (AvgIpc) is 3.41. The molecule has 1 fully saturated rings. The molecule has 3 aromatic rings. The summed E-state index contributed by atoms with van der Waals surface area (Å²) >= 11 is 1.21. The van der Waals surface area contributed by atoms with E-state index in [9.17, 15) is 13.2 Å². The van der Waals surface area contributed by atoms with E-state index in [1.807, 2.05) is 38.1 Å². The second kappa shape index (κ2) is 9.00. The lowest BCUT2D eigenvalue weighted by Gasteiger charge is -2.09. The smallest absolute Gasteiger partial charge is 0.277 e. The van der Waals surface area contributed by atoms with Crippen LogP contribution in [0.5, 0.6) is 0 Å². The predicted octanol–water partition coefficient (Wildman–Crippen LogP) is 3.49. The largest absolute Gasteiger partial charge is 0.416 e. The van der Waals surface area contributed by atoms with Gasteiger partial charge in [0.15, 0.2) is 15.6 Å². The Balaban J connectivity index is 1.36. The van der Waals surface area contributed by atoms with Crippen LogP contribution in [-0.4, -0.2) is 46.2 Å². The highest BCUT2D eigenvalue weighted by Gasteiger charge is 2.29. The summed E-state index contributed by atoms with van der Waals surface area (Å²) in [7, 11) is -2.93. The van der Waals surface area contributed by atoms with Crippen molar-refractivity contribution in [2.24, 2.45) is 5.92 Å². The van der Waals surface area contributed by atoms with Crippen LogP contribution >= 0.6 is 11.8 Å². The minimum atomic E-state index is -2.93. The first kappa shape index (κ1) is 21.8. The van der Waals surface area contributed by atoms with Gasteiger partial charge in [-0.15, -0.1) is 10.2 Å². The Morgan fingerprint density at radius 2 is 2.00 bits per heavy atom. The molecule has 1 atom stereocenters. The van der Waals surface area contributed by atoms with E-state index in [0.29, 0.717) is 29.5 Å². The molecule has 1 saturated heterocycles. The van der Waals surface area contributed by atoms with Crippen LogP contribution in [0.4, 0.5) is 0 Å². The maximum atomic E-state index is 12.8. The zero-order valence-electron chi connectivity index (χ0n) is 17.6. The number of rotatable bonds is 8. The minimum Gasteiger partial charge on any atom is -0.416 e. The maximum absolute atomic E-state index is 12.8. The van der Waals surface area contributed by atoms with Crippen LogP contribution < -0.4 is 0 Å². The third-order valence-electron chi connectivity index (χ3n) is 5.62. The van der Waals surface area contributed by atoms with Crippen LogP contribution in [0.15, 0.2) is 46.0 Å². The zero-order valence-corrected chi connectivity index (χ0v) is 19.2. The summed E-state index contributed by atoms with van der Waals surface area (Å²) in [5.74, 6) is 1.08. The summed E-state index contributed by atoms with van der Waals surface area (Å²) in [6, 6.07) is 12.1. The van der Waals surface area contributed by atoms with Crippen LogP contribution in [0, 0.1) is 19.8 Å².